The van der Waals surface area contributed by atoms with E-state index in [9.17, 15) is 4.79 Å². The molecule has 4 nitrogen and oxygen atoms in total. The third kappa shape index (κ3) is 4.98. The van der Waals surface area contributed by atoms with Gasteiger partial charge >= 0.3 is 5.97 Å². The Labute approximate surface area is 205 Å². The van der Waals surface area contributed by atoms with Crippen LogP contribution in [-0.2, 0) is 15.1 Å². The topological polar surface area (TPSA) is 47.6 Å². The van der Waals surface area contributed by atoms with Crippen molar-refractivity contribution in [1.29, 1.82) is 0 Å². The number of rotatable bonds is 9. The van der Waals surface area contributed by atoms with Gasteiger partial charge in [0, 0.05) is 0 Å². The maximum Gasteiger partial charge on any atom is 0.326 e. The monoisotopic (exact) mass is 471 g/mol. The van der Waals surface area contributed by atoms with E-state index in [1.165, 1.54) is 7.11 Å². The standard InChI is InChI=1S/C29H26ClNO3/c1-33-28(32)26(21-34-27-20-12-11-19-25(27)30)31-29(22-13-5-2-6-14-22,23-15-7-3-8-16-23)24-17-9-4-10-18-24/h2-20,26,31H,21H2,1H3. The number of methoxy groups -OCH3 is 1. The highest BCUT2D eigenvalue weighted by Crippen LogP contribution is 2.37. The normalized spacial score (nSPS) is 12.1. The van der Waals surface area contributed by atoms with E-state index in [0.717, 1.165) is 16.7 Å². The molecule has 4 aromatic carbocycles. The van der Waals surface area contributed by atoms with Crippen molar-refractivity contribution in [3.05, 3.63) is 137 Å². The first-order valence-corrected chi connectivity index (χ1v) is 11.4. The summed E-state index contributed by atoms with van der Waals surface area (Å²) in [5.74, 6) is 0.0730. The van der Waals surface area contributed by atoms with Crippen LogP contribution in [0.3, 0.4) is 0 Å². The Bertz CT molecular complexity index is 1100. The van der Waals surface area contributed by atoms with Crippen LogP contribution in [0.5, 0.6) is 5.75 Å². The molecule has 1 unspecified atom stereocenters. The maximum absolute atomic E-state index is 13.0. The quantitative estimate of drug-likeness (QED) is 0.246. The average Bonchev–Trinajstić information content (AvgIpc) is 2.91. The molecule has 0 radical (unpaired) electrons. The summed E-state index contributed by atoms with van der Waals surface area (Å²) in [5, 5.41) is 4.09. The SMILES string of the molecule is COC(=O)C(COc1ccccc1Cl)NC(c1ccccc1)(c1ccccc1)c1ccccc1. The molecular weight excluding hydrogens is 446 g/mol. The first-order valence-electron chi connectivity index (χ1n) is 11.0. The van der Waals surface area contributed by atoms with Gasteiger partial charge in [0.05, 0.1) is 17.7 Å². The lowest BCUT2D eigenvalue weighted by molar-refractivity contribution is -0.144. The van der Waals surface area contributed by atoms with E-state index in [1.54, 1.807) is 12.1 Å². The number of halogens is 1. The van der Waals surface area contributed by atoms with E-state index in [2.05, 4.69) is 41.7 Å². The Morgan fingerprint density at radius 2 is 1.21 bits per heavy atom. The molecule has 0 amide bonds. The summed E-state index contributed by atoms with van der Waals surface area (Å²) >= 11 is 6.28. The van der Waals surface area contributed by atoms with Crippen molar-refractivity contribution in [2.45, 2.75) is 11.6 Å². The van der Waals surface area contributed by atoms with E-state index in [4.69, 9.17) is 21.1 Å². The molecule has 0 spiro atoms. The molecule has 4 aromatic rings. The largest absolute Gasteiger partial charge is 0.490 e. The number of ether oxygens (including phenoxy) is 2. The van der Waals surface area contributed by atoms with E-state index in [1.807, 2.05) is 66.7 Å². The third-order valence-corrected chi connectivity index (χ3v) is 6.05. The summed E-state index contributed by atoms with van der Waals surface area (Å²) < 4.78 is 11.2. The van der Waals surface area contributed by atoms with Crippen LogP contribution in [0.4, 0.5) is 0 Å². The molecule has 0 fully saturated rings. The zero-order valence-corrected chi connectivity index (χ0v) is 19.6. The maximum atomic E-state index is 13.0. The van der Waals surface area contributed by atoms with E-state index >= 15 is 0 Å². The van der Waals surface area contributed by atoms with Gasteiger partial charge in [-0.05, 0) is 28.8 Å². The zero-order chi connectivity index (χ0) is 23.8. The van der Waals surface area contributed by atoms with Crippen molar-refractivity contribution in [3.63, 3.8) is 0 Å². The Morgan fingerprint density at radius 1 is 0.765 bits per heavy atom. The highest BCUT2D eigenvalue weighted by Gasteiger charge is 2.40. The molecule has 0 aromatic heterocycles. The van der Waals surface area contributed by atoms with Crippen LogP contribution in [0.2, 0.25) is 5.02 Å². The molecule has 1 atom stereocenters. The highest BCUT2D eigenvalue weighted by molar-refractivity contribution is 6.32. The second kappa shape index (κ2) is 11.0. The fourth-order valence-corrected chi connectivity index (χ4v) is 4.31. The number of carbonyl (C=O) groups excluding carboxylic acids is 1. The first kappa shape index (κ1) is 23.6. The minimum absolute atomic E-state index is 0.0324. The smallest absolute Gasteiger partial charge is 0.326 e. The van der Waals surface area contributed by atoms with E-state index in [0.29, 0.717) is 10.8 Å². The number of nitrogens with one attached hydrogen (secondary N) is 1. The van der Waals surface area contributed by atoms with Crippen molar-refractivity contribution in [3.8, 4) is 5.75 Å². The van der Waals surface area contributed by atoms with Gasteiger partial charge in [0.15, 0.2) is 0 Å². The van der Waals surface area contributed by atoms with Crippen LogP contribution < -0.4 is 10.1 Å². The number of esters is 1. The van der Waals surface area contributed by atoms with E-state index in [-0.39, 0.29) is 6.61 Å². The number of carbonyl (C=O) groups is 1. The van der Waals surface area contributed by atoms with Crippen molar-refractivity contribution < 1.29 is 14.3 Å². The van der Waals surface area contributed by atoms with Gasteiger partial charge in [0.25, 0.3) is 0 Å². The second-order valence-electron chi connectivity index (χ2n) is 7.81. The molecule has 1 N–H and O–H groups in total. The first-order chi connectivity index (χ1) is 16.6. The fourth-order valence-electron chi connectivity index (χ4n) is 4.12. The van der Waals surface area contributed by atoms with Gasteiger partial charge in [-0.2, -0.15) is 0 Å². The lowest BCUT2D eigenvalue weighted by atomic mass is 9.76. The molecule has 0 bridgehead atoms. The summed E-state index contributed by atoms with van der Waals surface area (Å²) in [4.78, 5) is 13.0. The molecule has 34 heavy (non-hydrogen) atoms. The minimum Gasteiger partial charge on any atom is -0.490 e. The third-order valence-electron chi connectivity index (χ3n) is 5.74. The van der Waals surface area contributed by atoms with Crippen LogP contribution in [-0.4, -0.2) is 25.7 Å². The zero-order valence-electron chi connectivity index (χ0n) is 18.9. The molecule has 0 aliphatic rings. The van der Waals surface area contributed by atoms with Gasteiger partial charge in [-0.25, -0.2) is 0 Å². The second-order valence-corrected chi connectivity index (χ2v) is 8.22. The number of hydrogen-bond acceptors (Lipinski definition) is 4. The van der Waals surface area contributed by atoms with Gasteiger partial charge < -0.3 is 9.47 Å². The van der Waals surface area contributed by atoms with Crippen LogP contribution in [0.15, 0.2) is 115 Å². The molecule has 0 saturated carbocycles. The number of para-hydroxylation sites is 1. The summed E-state index contributed by atoms with van der Waals surface area (Å²) in [6.07, 6.45) is 0. The van der Waals surface area contributed by atoms with Crippen molar-refractivity contribution in [1.82, 2.24) is 5.32 Å². The summed E-state index contributed by atoms with van der Waals surface area (Å²) in [7, 11) is 1.38. The number of hydrogen-bond donors (Lipinski definition) is 1. The van der Waals surface area contributed by atoms with Gasteiger partial charge in [-0.3, -0.25) is 10.1 Å². The molecule has 0 aliphatic heterocycles. The lowest BCUT2D eigenvalue weighted by Crippen LogP contribution is -2.55. The Hall–Kier alpha value is -3.60. The minimum atomic E-state index is -0.841. The summed E-state index contributed by atoms with van der Waals surface area (Å²) in [6, 6.07) is 36.6. The lowest BCUT2D eigenvalue weighted by Gasteiger charge is -2.39. The predicted octanol–water partition coefficient (Wildman–Crippen LogP) is 5.84. The molecule has 0 heterocycles. The molecule has 5 heteroatoms. The molecular formula is C29H26ClNO3. The summed E-state index contributed by atoms with van der Waals surface area (Å²) in [6.45, 7) is 0.0324. The number of benzene rings is 4. The Morgan fingerprint density at radius 3 is 1.65 bits per heavy atom. The van der Waals surface area contributed by atoms with Crippen molar-refractivity contribution in [2.24, 2.45) is 0 Å². The van der Waals surface area contributed by atoms with E-state index < -0.39 is 17.6 Å². The predicted molar refractivity (Wildman–Crippen MR) is 135 cm³/mol. The highest BCUT2D eigenvalue weighted by atomic mass is 35.5. The Balaban J connectivity index is 1.83. The van der Waals surface area contributed by atoms with Crippen LogP contribution >= 0.6 is 11.6 Å². The molecule has 172 valence electrons. The van der Waals surface area contributed by atoms with Gasteiger partial charge in [0.2, 0.25) is 0 Å². The summed E-state index contributed by atoms with van der Waals surface area (Å²) in [5.41, 5.74) is 2.11. The molecule has 0 aliphatic carbocycles. The molecule has 0 saturated heterocycles. The molecule has 4 rings (SSSR count). The van der Waals surface area contributed by atoms with Gasteiger partial charge in [-0.1, -0.05) is 115 Å². The van der Waals surface area contributed by atoms with Crippen molar-refractivity contribution >= 4 is 17.6 Å². The Kier molecular flexibility index (Phi) is 7.63. The fraction of sp³-hybridized carbons (Fsp3) is 0.138. The average molecular weight is 472 g/mol. The van der Waals surface area contributed by atoms with Crippen LogP contribution in [0, 0.1) is 0 Å². The van der Waals surface area contributed by atoms with Gasteiger partial charge in [-0.15, -0.1) is 0 Å². The van der Waals surface area contributed by atoms with Gasteiger partial charge in [0.1, 0.15) is 18.4 Å². The van der Waals surface area contributed by atoms with Crippen LogP contribution in [0.1, 0.15) is 16.7 Å². The van der Waals surface area contributed by atoms with Crippen molar-refractivity contribution in [2.75, 3.05) is 13.7 Å². The van der Waals surface area contributed by atoms with Crippen LogP contribution in [0.25, 0.3) is 0 Å².